The molecule has 19 heavy (non-hydrogen) atoms. The zero-order valence-corrected chi connectivity index (χ0v) is 11.4. The van der Waals surface area contributed by atoms with Crippen molar-refractivity contribution < 1.29 is 14.3 Å². The summed E-state index contributed by atoms with van der Waals surface area (Å²) < 4.78 is 6.44. The van der Waals surface area contributed by atoms with Gasteiger partial charge in [0.15, 0.2) is 0 Å². The largest absolute Gasteiger partial charge is 0.465 e. The van der Waals surface area contributed by atoms with E-state index in [0.29, 0.717) is 17.8 Å². The van der Waals surface area contributed by atoms with Crippen LogP contribution in [0.3, 0.4) is 0 Å². The van der Waals surface area contributed by atoms with Crippen LogP contribution in [0.4, 0.5) is 0 Å². The van der Waals surface area contributed by atoms with Crippen molar-refractivity contribution in [3.05, 3.63) is 0 Å². The van der Waals surface area contributed by atoms with Gasteiger partial charge in [-0.2, -0.15) is 0 Å². The second kappa shape index (κ2) is 6.50. The summed E-state index contributed by atoms with van der Waals surface area (Å²) in [6.07, 6.45) is 2.15. The Kier molecular flexibility index (Phi) is 4.72. The number of esters is 1. The summed E-state index contributed by atoms with van der Waals surface area (Å²) in [5, 5.41) is 14.5. The maximum atomic E-state index is 11.5. The van der Waals surface area contributed by atoms with Crippen molar-refractivity contribution in [3.63, 3.8) is 0 Å². The zero-order chi connectivity index (χ0) is 13.7. The molecule has 0 bridgehead atoms. The van der Waals surface area contributed by atoms with Crippen LogP contribution in [0.25, 0.3) is 0 Å². The Labute approximate surface area is 114 Å². The number of carbonyl (C=O) groups excluding carboxylic acids is 2. The summed E-state index contributed by atoms with van der Waals surface area (Å²) in [6.45, 7) is 1.91. The first-order chi connectivity index (χ1) is 9.20. The van der Waals surface area contributed by atoms with Crippen LogP contribution in [-0.4, -0.2) is 51.0 Å². The molecule has 1 amide bonds. The lowest BCUT2D eigenvalue weighted by molar-refractivity contribution is -0.143. The topological polar surface area (TPSA) is 99.0 Å². The molecule has 1 saturated carbocycles. The molecule has 1 aliphatic carbocycles. The molecular weight excluding hydrogens is 270 g/mol. The second-order valence-electron chi connectivity index (χ2n) is 4.01. The molecule has 1 aromatic rings. The van der Waals surface area contributed by atoms with E-state index >= 15 is 0 Å². The van der Waals surface area contributed by atoms with E-state index < -0.39 is 5.97 Å². The lowest BCUT2D eigenvalue weighted by Gasteiger charge is -2.04. The highest BCUT2D eigenvalue weighted by molar-refractivity contribution is 7.99. The van der Waals surface area contributed by atoms with Crippen LogP contribution in [0.1, 0.15) is 25.8 Å². The summed E-state index contributed by atoms with van der Waals surface area (Å²) >= 11 is 1.26. The zero-order valence-electron chi connectivity index (χ0n) is 10.5. The first-order valence-corrected chi connectivity index (χ1v) is 7.02. The summed E-state index contributed by atoms with van der Waals surface area (Å²) in [5.74, 6) is -0.515. The van der Waals surface area contributed by atoms with E-state index in [-0.39, 0.29) is 18.2 Å². The van der Waals surface area contributed by atoms with Gasteiger partial charge in [-0.25, -0.2) is 4.68 Å². The maximum Gasteiger partial charge on any atom is 0.325 e. The Morgan fingerprint density at radius 2 is 2.32 bits per heavy atom. The average Bonchev–Trinajstić information content (AvgIpc) is 3.13. The lowest BCUT2D eigenvalue weighted by Crippen LogP contribution is -2.31. The fraction of sp³-hybridized carbons (Fsp3) is 0.700. The van der Waals surface area contributed by atoms with E-state index in [1.807, 2.05) is 0 Å². The first kappa shape index (κ1) is 13.8. The van der Waals surface area contributed by atoms with Crippen LogP contribution in [0, 0.1) is 0 Å². The van der Waals surface area contributed by atoms with Gasteiger partial charge < -0.3 is 10.1 Å². The van der Waals surface area contributed by atoms with Crippen LogP contribution in [0.15, 0.2) is 5.16 Å². The molecule has 0 radical (unpaired) electrons. The molecule has 2 rings (SSSR count). The minimum absolute atomic E-state index is 0.110. The molecule has 1 heterocycles. The molecule has 9 heteroatoms. The molecule has 0 saturated heterocycles. The van der Waals surface area contributed by atoms with Crippen molar-refractivity contribution >= 4 is 23.6 Å². The number of hydrogen-bond donors (Lipinski definition) is 1. The van der Waals surface area contributed by atoms with Gasteiger partial charge in [-0.15, -0.1) is 5.10 Å². The lowest BCUT2D eigenvalue weighted by atomic mass is 10.6. The quantitative estimate of drug-likeness (QED) is 0.546. The van der Waals surface area contributed by atoms with Crippen molar-refractivity contribution in [3.8, 4) is 0 Å². The number of nitrogens with zero attached hydrogens (tertiary/aromatic N) is 4. The molecule has 0 spiro atoms. The van der Waals surface area contributed by atoms with Crippen LogP contribution >= 0.6 is 11.8 Å². The molecule has 8 nitrogen and oxygen atoms in total. The smallest absolute Gasteiger partial charge is 0.325 e. The van der Waals surface area contributed by atoms with Crippen molar-refractivity contribution in [1.29, 1.82) is 0 Å². The number of amides is 1. The highest BCUT2D eigenvalue weighted by atomic mass is 32.2. The van der Waals surface area contributed by atoms with E-state index in [0.717, 1.165) is 12.8 Å². The Morgan fingerprint density at radius 3 is 3.00 bits per heavy atom. The summed E-state index contributed by atoms with van der Waals surface area (Å²) in [4.78, 5) is 22.6. The molecule has 1 fully saturated rings. The monoisotopic (exact) mass is 285 g/mol. The number of ether oxygens (including phenoxy) is 1. The molecule has 1 N–H and O–H groups in total. The molecular formula is C10H15N5O3S. The van der Waals surface area contributed by atoms with Gasteiger partial charge in [0.05, 0.1) is 18.4 Å². The summed E-state index contributed by atoms with van der Waals surface area (Å²) in [5.41, 5.74) is 0. The number of thioether (sulfide) groups is 1. The summed E-state index contributed by atoms with van der Waals surface area (Å²) in [6, 6.07) is 0.375. The van der Waals surface area contributed by atoms with E-state index in [1.165, 1.54) is 11.8 Å². The molecule has 0 aromatic carbocycles. The molecule has 0 unspecified atom stereocenters. The number of hydrogen-bond acceptors (Lipinski definition) is 7. The molecule has 1 aromatic heterocycles. The molecule has 0 atom stereocenters. The SMILES string of the molecule is CCOC(=O)CNC(=O)CSc1nnnn1C1CC1. The fourth-order valence-electron chi connectivity index (χ4n) is 1.39. The fourth-order valence-corrected chi connectivity index (χ4v) is 2.17. The number of tetrazole rings is 1. The Hall–Kier alpha value is -1.64. The van der Waals surface area contributed by atoms with Crippen LogP contribution in [0.2, 0.25) is 0 Å². The van der Waals surface area contributed by atoms with Crippen molar-refractivity contribution in [1.82, 2.24) is 25.5 Å². The normalized spacial score (nSPS) is 14.2. The molecule has 0 aliphatic heterocycles. The third-order valence-electron chi connectivity index (χ3n) is 2.42. The number of rotatable bonds is 7. The number of aromatic nitrogens is 4. The van der Waals surface area contributed by atoms with Gasteiger partial charge in [-0.05, 0) is 30.2 Å². The maximum absolute atomic E-state index is 11.5. The van der Waals surface area contributed by atoms with Gasteiger partial charge in [0.2, 0.25) is 11.1 Å². The van der Waals surface area contributed by atoms with Gasteiger partial charge in [0.1, 0.15) is 6.54 Å². The van der Waals surface area contributed by atoms with Crippen LogP contribution in [-0.2, 0) is 14.3 Å². The van der Waals surface area contributed by atoms with Gasteiger partial charge >= 0.3 is 5.97 Å². The standard InChI is InChI=1S/C10H15N5O3S/c1-2-18-9(17)5-11-8(16)6-19-10-12-13-14-15(10)7-3-4-7/h7H,2-6H2,1H3,(H,11,16). The van der Waals surface area contributed by atoms with Gasteiger partial charge in [0, 0.05) is 0 Å². The van der Waals surface area contributed by atoms with Crippen LogP contribution in [0.5, 0.6) is 0 Å². The first-order valence-electron chi connectivity index (χ1n) is 6.03. The Morgan fingerprint density at radius 1 is 1.53 bits per heavy atom. The van der Waals surface area contributed by atoms with Crippen molar-refractivity contribution in [2.45, 2.75) is 31.0 Å². The summed E-state index contributed by atoms with van der Waals surface area (Å²) in [7, 11) is 0. The highest BCUT2D eigenvalue weighted by Gasteiger charge is 2.28. The minimum atomic E-state index is -0.441. The van der Waals surface area contributed by atoms with Crippen molar-refractivity contribution in [2.24, 2.45) is 0 Å². The Bertz CT molecular complexity index is 460. The number of carbonyl (C=O) groups is 2. The second-order valence-corrected chi connectivity index (χ2v) is 4.95. The molecule has 104 valence electrons. The van der Waals surface area contributed by atoms with Gasteiger partial charge in [0.25, 0.3) is 0 Å². The van der Waals surface area contributed by atoms with Crippen LogP contribution < -0.4 is 5.32 Å². The highest BCUT2D eigenvalue weighted by Crippen LogP contribution is 2.36. The predicted molar refractivity (Wildman–Crippen MR) is 66.5 cm³/mol. The third-order valence-corrected chi connectivity index (χ3v) is 3.36. The van der Waals surface area contributed by atoms with E-state index in [4.69, 9.17) is 4.74 Å². The Balaban J connectivity index is 1.71. The predicted octanol–water partition coefficient (Wildman–Crippen LogP) is -0.221. The van der Waals surface area contributed by atoms with Gasteiger partial charge in [-0.1, -0.05) is 11.8 Å². The molecule has 1 aliphatic rings. The van der Waals surface area contributed by atoms with E-state index in [1.54, 1.807) is 11.6 Å². The number of nitrogens with one attached hydrogen (secondary N) is 1. The van der Waals surface area contributed by atoms with E-state index in [2.05, 4.69) is 20.8 Å². The van der Waals surface area contributed by atoms with E-state index in [9.17, 15) is 9.59 Å². The van der Waals surface area contributed by atoms with Gasteiger partial charge in [-0.3, -0.25) is 9.59 Å². The van der Waals surface area contributed by atoms with Crippen molar-refractivity contribution in [2.75, 3.05) is 18.9 Å². The average molecular weight is 285 g/mol. The third kappa shape index (κ3) is 4.19. The minimum Gasteiger partial charge on any atom is -0.465 e.